The van der Waals surface area contributed by atoms with Gasteiger partial charge < -0.3 is 14.7 Å². The molecule has 36 heavy (non-hydrogen) atoms. The molecule has 0 radical (unpaired) electrons. The summed E-state index contributed by atoms with van der Waals surface area (Å²) < 4.78 is 6.09. The van der Waals surface area contributed by atoms with Crippen LogP contribution in [0.1, 0.15) is 59.4 Å². The van der Waals surface area contributed by atoms with E-state index in [-0.39, 0.29) is 17.7 Å². The number of nitrogens with zero attached hydrogens (tertiary/aromatic N) is 2. The highest BCUT2D eigenvalue weighted by atomic mass is 35.5. The molecule has 0 spiro atoms. The third-order valence-electron chi connectivity index (χ3n) is 6.50. The largest absolute Gasteiger partial charge is 0.507 e. The number of benzene rings is 3. The number of aromatic nitrogens is 2. The summed E-state index contributed by atoms with van der Waals surface area (Å²) in [6.07, 6.45) is 2.99. The van der Waals surface area contributed by atoms with Crippen LogP contribution in [-0.2, 0) is 6.61 Å². The Kier molecular flexibility index (Phi) is 6.96. The van der Waals surface area contributed by atoms with Gasteiger partial charge in [0.15, 0.2) is 0 Å². The molecule has 4 aromatic rings. The second kappa shape index (κ2) is 10.5. The van der Waals surface area contributed by atoms with Crippen LogP contribution in [0.5, 0.6) is 11.5 Å². The number of H-pyrrole nitrogens is 1. The van der Waals surface area contributed by atoms with Crippen molar-refractivity contribution in [1.29, 1.82) is 0 Å². The lowest BCUT2D eigenvalue weighted by molar-refractivity contribution is 0.0740. The van der Waals surface area contributed by atoms with Crippen molar-refractivity contribution in [3.05, 3.63) is 100 Å². The van der Waals surface area contributed by atoms with E-state index < -0.39 is 0 Å². The van der Waals surface area contributed by atoms with E-state index in [1.54, 1.807) is 18.2 Å². The van der Waals surface area contributed by atoms with Gasteiger partial charge >= 0.3 is 0 Å². The number of nitrogens with one attached hydrogen (secondary N) is 1. The monoisotopic (exact) mass is 501 g/mol. The molecule has 1 amide bonds. The van der Waals surface area contributed by atoms with Crippen LogP contribution < -0.4 is 4.74 Å². The van der Waals surface area contributed by atoms with Crippen molar-refractivity contribution in [1.82, 2.24) is 15.1 Å². The van der Waals surface area contributed by atoms with Crippen molar-refractivity contribution in [3.8, 4) is 22.8 Å². The Labute approximate surface area is 215 Å². The Balaban J connectivity index is 1.54. The molecule has 6 nitrogen and oxygen atoms in total. The van der Waals surface area contributed by atoms with Gasteiger partial charge in [0.25, 0.3) is 5.91 Å². The molecule has 0 saturated carbocycles. The first-order chi connectivity index (χ1) is 17.6. The van der Waals surface area contributed by atoms with Crippen LogP contribution in [0.4, 0.5) is 0 Å². The number of hydrogen-bond donors (Lipinski definition) is 2. The lowest BCUT2D eigenvalue weighted by atomic mass is 9.95. The number of aromatic hydroxyl groups is 1. The first kappa shape index (κ1) is 23.9. The minimum atomic E-state index is -0.364. The van der Waals surface area contributed by atoms with Gasteiger partial charge in [-0.2, -0.15) is 5.10 Å². The summed E-state index contributed by atoms with van der Waals surface area (Å²) >= 11 is 6.24. The number of ether oxygens (including phenoxy) is 1. The predicted molar refractivity (Wildman–Crippen MR) is 140 cm³/mol. The van der Waals surface area contributed by atoms with E-state index >= 15 is 0 Å². The first-order valence-electron chi connectivity index (χ1n) is 12.2. The molecule has 0 bridgehead atoms. The number of fused-ring (bicyclic) bond motifs is 1. The van der Waals surface area contributed by atoms with Gasteiger partial charge in [0.05, 0.1) is 6.04 Å². The fourth-order valence-corrected chi connectivity index (χ4v) is 4.90. The molecule has 0 fully saturated rings. The molecule has 1 aliphatic heterocycles. The maximum absolute atomic E-state index is 13.5. The summed E-state index contributed by atoms with van der Waals surface area (Å²) in [6.45, 7) is 3.21. The van der Waals surface area contributed by atoms with Crippen LogP contribution in [-0.4, -0.2) is 32.7 Å². The topological polar surface area (TPSA) is 78.5 Å². The van der Waals surface area contributed by atoms with Crippen LogP contribution >= 0.6 is 11.6 Å². The normalized spacial score (nSPS) is 14.8. The summed E-state index contributed by atoms with van der Waals surface area (Å²) in [5.74, 6) is 0.688. The number of amides is 1. The van der Waals surface area contributed by atoms with Gasteiger partial charge in [0.2, 0.25) is 0 Å². The molecular weight excluding hydrogens is 474 g/mol. The van der Waals surface area contributed by atoms with Gasteiger partial charge in [-0.3, -0.25) is 9.89 Å². The van der Waals surface area contributed by atoms with Gasteiger partial charge in [0.1, 0.15) is 29.5 Å². The van der Waals surface area contributed by atoms with Gasteiger partial charge in [-0.1, -0.05) is 73.8 Å². The smallest absolute Gasteiger partial charge is 0.273 e. The quantitative estimate of drug-likeness (QED) is 0.249. The molecule has 7 heteroatoms. The van der Waals surface area contributed by atoms with Crippen molar-refractivity contribution < 1.29 is 14.6 Å². The fraction of sp³-hybridized carbons (Fsp3) is 0.241. The maximum Gasteiger partial charge on any atom is 0.273 e. The highest BCUT2D eigenvalue weighted by Crippen LogP contribution is 2.45. The average Bonchev–Trinajstić information content (AvgIpc) is 3.44. The molecule has 1 atom stereocenters. The molecule has 2 N–H and O–H groups in total. The van der Waals surface area contributed by atoms with Crippen molar-refractivity contribution >= 4 is 17.5 Å². The molecule has 5 rings (SSSR count). The second-order valence-electron chi connectivity index (χ2n) is 8.98. The molecule has 1 unspecified atom stereocenters. The van der Waals surface area contributed by atoms with Gasteiger partial charge in [0, 0.05) is 22.7 Å². The molecule has 1 aliphatic rings. The summed E-state index contributed by atoms with van der Waals surface area (Å²) in [6, 6.07) is 22.3. The number of carbonyl (C=O) groups excluding carboxylic acids is 1. The van der Waals surface area contributed by atoms with Crippen LogP contribution in [0.3, 0.4) is 0 Å². The van der Waals surface area contributed by atoms with Crippen molar-refractivity contribution in [3.63, 3.8) is 0 Å². The summed E-state index contributed by atoms with van der Waals surface area (Å²) in [4.78, 5) is 15.4. The van der Waals surface area contributed by atoms with E-state index in [4.69, 9.17) is 16.3 Å². The number of rotatable bonds is 9. The maximum atomic E-state index is 13.5. The number of phenols is 1. The average molecular weight is 502 g/mol. The molecule has 1 aromatic heterocycles. The number of unbranched alkanes of at least 4 members (excludes halogenated alkanes) is 2. The minimum absolute atomic E-state index is 0.0595. The summed E-state index contributed by atoms with van der Waals surface area (Å²) in [5.41, 5.74) is 4.21. The van der Waals surface area contributed by atoms with Gasteiger partial charge in [-0.15, -0.1) is 0 Å². The van der Waals surface area contributed by atoms with Gasteiger partial charge in [-0.25, -0.2) is 0 Å². The van der Waals surface area contributed by atoms with Crippen LogP contribution in [0.25, 0.3) is 11.3 Å². The highest BCUT2D eigenvalue weighted by molar-refractivity contribution is 6.31. The Morgan fingerprint density at radius 1 is 1.06 bits per heavy atom. The molecule has 0 saturated heterocycles. The third-order valence-corrected chi connectivity index (χ3v) is 6.74. The lowest BCUT2D eigenvalue weighted by Gasteiger charge is -2.27. The Morgan fingerprint density at radius 2 is 1.89 bits per heavy atom. The van der Waals surface area contributed by atoms with Crippen LogP contribution in [0.2, 0.25) is 5.02 Å². The minimum Gasteiger partial charge on any atom is -0.507 e. The van der Waals surface area contributed by atoms with E-state index in [2.05, 4.69) is 17.1 Å². The van der Waals surface area contributed by atoms with E-state index in [1.165, 1.54) is 0 Å². The van der Waals surface area contributed by atoms with E-state index in [0.717, 1.165) is 41.7 Å². The number of aromatic amines is 1. The Bertz CT molecular complexity index is 1370. The van der Waals surface area contributed by atoms with Gasteiger partial charge in [-0.05, 0) is 47.9 Å². The van der Waals surface area contributed by atoms with Crippen molar-refractivity contribution in [2.45, 2.75) is 38.8 Å². The van der Waals surface area contributed by atoms with Crippen molar-refractivity contribution in [2.75, 3.05) is 6.54 Å². The second-order valence-corrected chi connectivity index (χ2v) is 9.41. The highest BCUT2D eigenvalue weighted by Gasteiger charge is 2.42. The molecule has 3 aromatic carbocycles. The molecule has 0 aliphatic carbocycles. The zero-order valence-corrected chi connectivity index (χ0v) is 20.8. The summed E-state index contributed by atoms with van der Waals surface area (Å²) in [5, 5.41) is 18.5. The van der Waals surface area contributed by atoms with Crippen LogP contribution in [0.15, 0.2) is 72.8 Å². The number of phenolic OH excluding ortho intramolecular Hbond substituents is 1. The Hall–Kier alpha value is -3.77. The first-order valence-corrected chi connectivity index (χ1v) is 12.6. The zero-order valence-electron chi connectivity index (χ0n) is 20.1. The van der Waals surface area contributed by atoms with Crippen molar-refractivity contribution in [2.24, 2.45) is 0 Å². The SMILES string of the molecule is CCCCCN1C(=O)c2[nH]nc(-c3cc(Cl)ccc3O)c2C1c1cccc(OCc2ccccc2)c1. The third kappa shape index (κ3) is 4.69. The Morgan fingerprint density at radius 3 is 2.69 bits per heavy atom. The van der Waals surface area contributed by atoms with E-state index in [1.807, 2.05) is 59.5 Å². The number of halogens is 1. The predicted octanol–water partition coefficient (Wildman–Crippen LogP) is 6.75. The number of carbonyl (C=O) groups is 1. The number of hydrogen-bond acceptors (Lipinski definition) is 4. The lowest BCUT2D eigenvalue weighted by Crippen LogP contribution is -2.30. The molecular formula is C29H28ClN3O3. The molecule has 2 heterocycles. The van der Waals surface area contributed by atoms with E-state index in [9.17, 15) is 9.90 Å². The fourth-order valence-electron chi connectivity index (χ4n) is 4.72. The standard InChI is InChI=1S/C29H28ClN3O3/c1-2-3-7-15-33-28(20-11-8-12-22(16-20)36-18-19-9-5-4-6-10-19)25-26(31-32-27(25)29(33)35)23-17-21(30)13-14-24(23)34/h4-6,8-14,16-17,28,34H,2-3,7,15,18H2,1H3,(H,31,32). The summed E-state index contributed by atoms with van der Waals surface area (Å²) in [7, 11) is 0. The zero-order chi connectivity index (χ0) is 25.1. The molecule has 184 valence electrons. The van der Waals surface area contributed by atoms with E-state index in [0.29, 0.717) is 35.1 Å². The van der Waals surface area contributed by atoms with Crippen LogP contribution in [0, 0.1) is 0 Å².